The molecule has 2 N–H and O–H groups in total. The van der Waals surface area contributed by atoms with Crippen LogP contribution in [0.15, 0.2) is 24.3 Å². The van der Waals surface area contributed by atoms with E-state index in [2.05, 4.69) is 10.4 Å². The zero-order chi connectivity index (χ0) is 16.3. The molecule has 0 aliphatic carbocycles. The lowest BCUT2D eigenvalue weighted by Gasteiger charge is -2.07. The van der Waals surface area contributed by atoms with Crippen LogP contribution in [0.4, 0.5) is 5.69 Å². The van der Waals surface area contributed by atoms with Crippen molar-refractivity contribution >= 4 is 17.6 Å². The summed E-state index contributed by atoms with van der Waals surface area (Å²) in [7, 11) is 1.85. The molecule has 0 atom stereocenters. The zero-order valence-corrected chi connectivity index (χ0v) is 12.9. The van der Waals surface area contributed by atoms with Crippen LogP contribution in [0.1, 0.15) is 22.5 Å². The molecule has 0 aliphatic heterocycles. The molecule has 0 aliphatic rings. The fourth-order valence-electron chi connectivity index (χ4n) is 2.37. The van der Waals surface area contributed by atoms with Crippen LogP contribution in [0.3, 0.4) is 0 Å². The number of aliphatic carboxylic acids is 1. The number of carboxylic acid groups (broad SMARTS) is 1. The molecule has 0 spiro atoms. The van der Waals surface area contributed by atoms with Crippen LogP contribution in [0.25, 0.3) is 0 Å². The predicted molar refractivity (Wildman–Crippen MR) is 82.8 cm³/mol. The number of nitrogens with one attached hydrogen (secondary N) is 1. The van der Waals surface area contributed by atoms with Gasteiger partial charge in [-0.25, -0.2) is 0 Å². The number of benzene rings is 1. The summed E-state index contributed by atoms with van der Waals surface area (Å²) < 4.78 is 1.76. The predicted octanol–water partition coefficient (Wildman–Crippen LogP) is 1.85. The fourth-order valence-corrected chi connectivity index (χ4v) is 2.37. The van der Waals surface area contributed by atoms with Crippen LogP contribution in [-0.4, -0.2) is 26.8 Å². The number of aromatic nitrogens is 2. The van der Waals surface area contributed by atoms with Gasteiger partial charge in [-0.1, -0.05) is 12.1 Å². The van der Waals surface area contributed by atoms with E-state index in [9.17, 15) is 9.59 Å². The van der Waals surface area contributed by atoms with Gasteiger partial charge in [-0.2, -0.15) is 5.10 Å². The molecule has 0 unspecified atom stereocenters. The average molecular weight is 301 g/mol. The first-order valence-corrected chi connectivity index (χ1v) is 6.96. The number of hydrogen-bond donors (Lipinski definition) is 2. The lowest BCUT2D eigenvalue weighted by atomic mass is 10.1. The zero-order valence-electron chi connectivity index (χ0n) is 12.9. The lowest BCUT2D eigenvalue weighted by molar-refractivity contribution is -0.136. The quantitative estimate of drug-likeness (QED) is 0.882. The van der Waals surface area contributed by atoms with Gasteiger partial charge >= 0.3 is 5.97 Å². The number of hydrogen-bond acceptors (Lipinski definition) is 3. The Hall–Kier alpha value is -2.63. The highest BCUT2D eigenvalue weighted by Gasteiger charge is 2.13. The number of rotatable bonds is 5. The Bertz CT molecular complexity index is 719. The van der Waals surface area contributed by atoms with Crippen molar-refractivity contribution in [1.82, 2.24) is 9.78 Å². The maximum Gasteiger partial charge on any atom is 0.307 e. The van der Waals surface area contributed by atoms with Crippen molar-refractivity contribution in [1.29, 1.82) is 0 Å². The summed E-state index contributed by atoms with van der Waals surface area (Å²) in [6.07, 6.45) is 0.180. The Balaban J connectivity index is 2.07. The minimum atomic E-state index is -0.898. The van der Waals surface area contributed by atoms with Gasteiger partial charge in [-0.3, -0.25) is 14.3 Å². The van der Waals surface area contributed by atoms with Crippen molar-refractivity contribution in [2.45, 2.75) is 26.7 Å². The summed E-state index contributed by atoms with van der Waals surface area (Å²) in [6, 6.07) is 6.87. The van der Waals surface area contributed by atoms with E-state index in [1.165, 1.54) is 0 Å². The van der Waals surface area contributed by atoms with Gasteiger partial charge in [0.25, 0.3) is 0 Å². The topological polar surface area (TPSA) is 84.2 Å². The monoisotopic (exact) mass is 301 g/mol. The van der Waals surface area contributed by atoms with Crippen molar-refractivity contribution in [3.05, 3.63) is 46.8 Å². The first-order chi connectivity index (χ1) is 10.4. The highest BCUT2D eigenvalue weighted by Crippen LogP contribution is 2.15. The van der Waals surface area contributed by atoms with Crippen molar-refractivity contribution in [3.8, 4) is 0 Å². The third-order valence-electron chi connectivity index (χ3n) is 3.56. The molecule has 0 bridgehead atoms. The maximum atomic E-state index is 12.2. The number of anilines is 1. The summed E-state index contributed by atoms with van der Waals surface area (Å²) in [5, 5.41) is 15.9. The highest BCUT2D eigenvalue weighted by atomic mass is 16.4. The molecule has 0 fully saturated rings. The lowest BCUT2D eigenvalue weighted by Crippen LogP contribution is -2.15. The van der Waals surface area contributed by atoms with Gasteiger partial charge in [0, 0.05) is 24.0 Å². The second-order valence-corrected chi connectivity index (χ2v) is 5.27. The largest absolute Gasteiger partial charge is 0.481 e. The number of carbonyl (C=O) groups is 2. The minimum absolute atomic E-state index is 0.0649. The molecule has 116 valence electrons. The van der Waals surface area contributed by atoms with Gasteiger partial charge in [-0.05, 0) is 31.5 Å². The molecule has 1 aromatic carbocycles. The second kappa shape index (κ2) is 6.43. The van der Waals surface area contributed by atoms with E-state index in [4.69, 9.17) is 5.11 Å². The van der Waals surface area contributed by atoms with E-state index in [1.807, 2.05) is 20.9 Å². The number of carboxylic acids is 1. The van der Waals surface area contributed by atoms with E-state index >= 15 is 0 Å². The van der Waals surface area contributed by atoms with Crippen LogP contribution in [0.2, 0.25) is 0 Å². The van der Waals surface area contributed by atoms with Crippen LogP contribution >= 0.6 is 0 Å². The summed E-state index contributed by atoms with van der Waals surface area (Å²) in [5.74, 6) is -1.04. The highest BCUT2D eigenvalue weighted by molar-refractivity contribution is 5.92. The van der Waals surface area contributed by atoms with Gasteiger partial charge in [-0.15, -0.1) is 0 Å². The van der Waals surface area contributed by atoms with Crippen molar-refractivity contribution in [3.63, 3.8) is 0 Å². The summed E-state index contributed by atoms with van der Waals surface area (Å²) >= 11 is 0. The van der Waals surface area contributed by atoms with Gasteiger partial charge in [0.2, 0.25) is 5.91 Å². The first-order valence-electron chi connectivity index (χ1n) is 6.96. The molecule has 6 nitrogen and oxygen atoms in total. The minimum Gasteiger partial charge on any atom is -0.481 e. The van der Waals surface area contributed by atoms with Gasteiger partial charge in [0.15, 0.2) is 0 Å². The van der Waals surface area contributed by atoms with Gasteiger partial charge in [0.1, 0.15) is 0 Å². The number of nitrogens with zero attached hydrogens (tertiary/aromatic N) is 2. The summed E-state index contributed by atoms with van der Waals surface area (Å²) in [5.41, 5.74) is 3.98. The normalized spacial score (nSPS) is 10.5. The summed E-state index contributed by atoms with van der Waals surface area (Å²) in [6.45, 7) is 3.80. The Labute approximate surface area is 128 Å². The molecule has 2 aromatic rings. The van der Waals surface area contributed by atoms with Crippen LogP contribution < -0.4 is 5.32 Å². The molecule has 1 amide bonds. The molecule has 0 radical (unpaired) electrons. The van der Waals surface area contributed by atoms with E-state index in [1.54, 1.807) is 28.9 Å². The number of carbonyl (C=O) groups excluding carboxylic acids is 1. The number of amides is 1. The van der Waals surface area contributed by atoms with Crippen molar-refractivity contribution < 1.29 is 14.7 Å². The van der Waals surface area contributed by atoms with E-state index < -0.39 is 5.97 Å². The first kappa shape index (κ1) is 15.8. The van der Waals surface area contributed by atoms with Crippen LogP contribution in [0, 0.1) is 13.8 Å². The van der Waals surface area contributed by atoms with E-state index in [-0.39, 0.29) is 18.7 Å². The Kier molecular flexibility index (Phi) is 4.60. The smallest absolute Gasteiger partial charge is 0.307 e. The second-order valence-electron chi connectivity index (χ2n) is 5.27. The molecule has 6 heteroatoms. The molecule has 1 heterocycles. The van der Waals surface area contributed by atoms with Gasteiger partial charge < -0.3 is 10.4 Å². The van der Waals surface area contributed by atoms with E-state index in [0.29, 0.717) is 11.3 Å². The third kappa shape index (κ3) is 3.72. The standard InChI is InChI=1S/C16H19N3O3/c1-10-14(11(2)19(3)18-10)9-15(20)17-13-6-4-5-12(7-13)8-16(21)22/h4-7H,8-9H2,1-3H3,(H,17,20)(H,21,22). The SMILES string of the molecule is Cc1nn(C)c(C)c1CC(=O)Nc1cccc(CC(=O)O)c1. The molecular formula is C16H19N3O3. The van der Waals surface area contributed by atoms with Gasteiger partial charge in [0.05, 0.1) is 18.5 Å². The molecule has 1 aromatic heterocycles. The Morgan fingerprint density at radius 1 is 1.27 bits per heavy atom. The molecule has 0 saturated heterocycles. The molecule has 0 saturated carbocycles. The van der Waals surface area contributed by atoms with Crippen LogP contribution in [-0.2, 0) is 29.5 Å². The number of aryl methyl sites for hydroxylation is 2. The molecule has 22 heavy (non-hydrogen) atoms. The molecule has 2 rings (SSSR count). The summed E-state index contributed by atoms with van der Waals surface area (Å²) in [4.78, 5) is 22.9. The van der Waals surface area contributed by atoms with Crippen LogP contribution in [0.5, 0.6) is 0 Å². The molecular weight excluding hydrogens is 282 g/mol. The maximum absolute atomic E-state index is 12.2. The Morgan fingerprint density at radius 3 is 2.59 bits per heavy atom. The van der Waals surface area contributed by atoms with Crippen molar-refractivity contribution in [2.75, 3.05) is 5.32 Å². The fraction of sp³-hybridized carbons (Fsp3) is 0.312. The van der Waals surface area contributed by atoms with Crippen molar-refractivity contribution in [2.24, 2.45) is 7.05 Å². The van der Waals surface area contributed by atoms with E-state index in [0.717, 1.165) is 17.0 Å². The average Bonchev–Trinajstić information content (AvgIpc) is 2.65. The Morgan fingerprint density at radius 2 is 2.00 bits per heavy atom. The third-order valence-corrected chi connectivity index (χ3v) is 3.56.